The molecule has 7 heteroatoms. The van der Waals surface area contributed by atoms with Gasteiger partial charge >= 0.3 is 5.97 Å². The van der Waals surface area contributed by atoms with Crippen LogP contribution in [0.2, 0.25) is 5.02 Å². The van der Waals surface area contributed by atoms with E-state index in [9.17, 15) is 14.4 Å². The molecule has 0 atom stereocenters. The Kier molecular flexibility index (Phi) is 6.58. The van der Waals surface area contributed by atoms with Crippen LogP contribution in [0.3, 0.4) is 0 Å². The zero-order chi connectivity index (χ0) is 20.0. The van der Waals surface area contributed by atoms with E-state index in [2.05, 4.69) is 10.6 Å². The normalized spacial score (nSPS) is 10.9. The van der Waals surface area contributed by atoms with Crippen LogP contribution in [-0.4, -0.2) is 29.4 Å². The van der Waals surface area contributed by atoms with Gasteiger partial charge in [-0.25, -0.2) is 0 Å². The van der Waals surface area contributed by atoms with Crippen molar-refractivity contribution in [3.05, 3.63) is 64.7 Å². The number of nitrogens with one attached hydrogen (secondary N) is 2. The molecule has 0 fully saturated rings. The first kappa shape index (κ1) is 20.5. The predicted octanol–water partition coefficient (Wildman–Crippen LogP) is 3.00. The van der Waals surface area contributed by atoms with Gasteiger partial charge in [0.1, 0.15) is 6.54 Å². The molecule has 2 amide bonds. The average Bonchev–Trinajstić information content (AvgIpc) is 2.62. The molecule has 2 aromatic carbocycles. The molecule has 0 radical (unpaired) electrons. The summed E-state index contributed by atoms with van der Waals surface area (Å²) in [4.78, 5) is 34.7. The SMILES string of the molecule is CC(C)(C(=O)Nc1ccc(CC(=O)NCC(=O)O)cc1)c1ccc(Cl)cc1. The zero-order valence-electron chi connectivity index (χ0n) is 15.1. The van der Waals surface area contributed by atoms with Crippen LogP contribution < -0.4 is 10.6 Å². The fourth-order valence-electron chi connectivity index (χ4n) is 2.41. The van der Waals surface area contributed by atoms with Crippen LogP contribution >= 0.6 is 11.6 Å². The Balaban J connectivity index is 1.99. The number of anilines is 1. The second kappa shape index (κ2) is 8.68. The minimum absolute atomic E-state index is 0.0672. The smallest absolute Gasteiger partial charge is 0.322 e. The average molecular weight is 389 g/mol. The van der Waals surface area contributed by atoms with Crippen molar-refractivity contribution in [2.75, 3.05) is 11.9 Å². The molecule has 3 N–H and O–H groups in total. The molecule has 0 aliphatic rings. The van der Waals surface area contributed by atoms with Gasteiger partial charge < -0.3 is 15.7 Å². The fourth-order valence-corrected chi connectivity index (χ4v) is 2.54. The maximum atomic E-state index is 12.7. The first-order valence-corrected chi connectivity index (χ1v) is 8.71. The van der Waals surface area contributed by atoms with Crippen molar-refractivity contribution < 1.29 is 19.5 Å². The summed E-state index contributed by atoms with van der Waals surface area (Å²) in [6.45, 7) is 3.24. The number of carbonyl (C=O) groups excluding carboxylic acids is 2. The molecule has 0 aliphatic heterocycles. The van der Waals surface area contributed by atoms with E-state index in [1.807, 2.05) is 26.0 Å². The van der Waals surface area contributed by atoms with E-state index in [4.69, 9.17) is 16.7 Å². The number of carboxylic acid groups (broad SMARTS) is 1. The van der Waals surface area contributed by atoms with Crippen molar-refractivity contribution in [2.24, 2.45) is 0 Å². The first-order chi connectivity index (χ1) is 12.7. The van der Waals surface area contributed by atoms with Crippen LogP contribution in [0.15, 0.2) is 48.5 Å². The van der Waals surface area contributed by atoms with Crippen molar-refractivity contribution in [1.82, 2.24) is 5.32 Å². The molecule has 2 aromatic rings. The Hall–Kier alpha value is -2.86. The first-order valence-electron chi connectivity index (χ1n) is 8.33. The van der Waals surface area contributed by atoms with Crippen molar-refractivity contribution in [3.8, 4) is 0 Å². The van der Waals surface area contributed by atoms with Crippen LogP contribution in [0.25, 0.3) is 0 Å². The topological polar surface area (TPSA) is 95.5 Å². The van der Waals surface area contributed by atoms with Gasteiger partial charge in [0, 0.05) is 10.7 Å². The number of rotatable bonds is 7. The van der Waals surface area contributed by atoms with Crippen LogP contribution in [-0.2, 0) is 26.2 Å². The Morgan fingerprint density at radius 2 is 1.59 bits per heavy atom. The maximum absolute atomic E-state index is 12.7. The summed E-state index contributed by atoms with van der Waals surface area (Å²) in [5.74, 6) is -1.64. The molecule has 0 spiro atoms. The maximum Gasteiger partial charge on any atom is 0.322 e. The standard InChI is InChI=1S/C20H21ClN2O4/c1-20(2,14-5-7-15(21)8-6-14)19(27)23-16-9-3-13(4-10-16)11-17(24)22-12-18(25)26/h3-10H,11-12H2,1-2H3,(H,22,24)(H,23,27)(H,25,26). The monoisotopic (exact) mass is 388 g/mol. The lowest BCUT2D eigenvalue weighted by molar-refractivity contribution is -0.137. The number of amides is 2. The van der Waals surface area contributed by atoms with Crippen LogP contribution in [0, 0.1) is 0 Å². The summed E-state index contributed by atoms with van der Waals surface area (Å²) < 4.78 is 0. The molecule has 142 valence electrons. The number of carboxylic acids is 1. The van der Waals surface area contributed by atoms with Gasteiger partial charge in [-0.2, -0.15) is 0 Å². The number of hydrogen-bond acceptors (Lipinski definition) is 3. The van der Waals surface area contributed by atoms with E-state index in [1.165, 1.54) is 0 Å². The molecule has 0 saturated carbocycles. The highest BCUT2D eigenvalue weighted by Gasteiger charge is 2.29. The van der Waals surface area contributed by atoms with Crippen molar-refractivity contribution in [2.45, 2.75) is 25.7 Å². The highest BCUT2D eigenvalue weighted by molar-refractivity contribution is 6.30. The van der Waals surface area contributed by atoms with Crippen molar-refractivity contribution in [1.29, 1.82) is 0 Å². The number of benzene rings is 2. The van der Waals surface area contributed by atoms with Crippen molar-refractivity contribution in [3.63, 3.8) is 0 Å². The van der Waals surface area contributed by atoms with Crippen LogP contribution in [0.1, 0.15) is 25.0 Å². The highest BCUT2D eigenvalue weighted by Crippen LogP contribution is 2.26. The highest BCUT2D eigenvalue weighted by atomic mass is 35.5. The van der Waals surface area contributed by atoms with Gasteiger partial charge in [0.2, 0.25) is 11.8 Å². The Morgan fingerprint density at radius 3 is 2.15 bits per heavy atom. The summed E-state index contributed by atoms with van der Waals surface area (Å²) in [7, 11) is 0. The molecule has 2 rings (SSSR count). The summed E-state index contributed by atoms with van der Waals surface area (Å²) in [6.07, 6.45) is 0.0672. The Labute approximate surface area is 162 Å². The Bertz CT molecular complexity index is 830. The van der Waals surface area contributed by atoms with Gasteiger partial charge in [-0.1, -0.05) is 35.9 Å². The molecule has 0 aliphatic carbocycles. The second-order valence-electron chi connectivity index (χ2n) is 6.63. The lowest BCUT2D eigenvalue weighted by Crippen LogP contribution is -2.34. The van der Waals surface area contributed by atoms with E-state index in [1.54, 1.807) is 36.4 Å². The lowest BCUT2D eigenvalue weighted by atomic mass is 9.83. The van der Waals surface area contributed by atoms with Crippen LogP contribution in [0.4, 0.5) is 5.69 Å². The molecule has 0 heterocycles. The third-order valence-corrected chi connectivity index (χ3v) is 4.40. The number of halogens is 1. The van der Waals surface area contributed by atoms with E-state index in [-0.39, 0.29) is 18.2 Å². The minimum Gasteiger partial charge on any atom is -0.480 e. The van der Waals surface area contributed by atoms with Gasteiger partial charge in [0.05, 0.1) is 11.8 Å². The third kappa shape index (κ3) is 5.82. The molecule has 6 nitrogen and oxygen atoms in total. The van der Waals surface area contributed by atoms with E-state index < -0.39 is 17.9 Å². The quantitative estimate of drug-likeness (QED) is 0.679. The summed E-state index contributed by atoms with van der Waals surface area (Å²) in [5, 5.41) is 14.3. The van der Waals surface area contributed by atoms with Gasteiger partial charge in [0.25, 0.3) is 0 Å². The van der Waals surface area contributed by atoms with Crippen LogP contribution in [0.5, 0.6) is 0 Å². The number of carbonyl (C=O) groups is 3. The largest absolute Gasteiger partial charge is 0.480 e. The molecular weight excluding hydrogens is 368 g/mol. The fraction of sp³-hybridized carbons (Fsp3) is 0.250. The molecule has 0 bridgehead atoms. The van der Waals surface area contributed by atoms with E-state index in [0.29, 0.717) is 16.3 Å². The minimum atomic E-state index is -1.09. The molecule has 0 saturated heterocycles. The third-order valence-electron chi connectivity index (χ3n) is 4.15. The summed E-state index contributed by atoms with van der Waals surface area (Å²) >= 11 is 5.90. The van der Waals surface area contributed by atoms with E-state index >= 15 is 0 Å². The summed E-state index contributed by atoms with van der Waals surface area (Å²) in [6, 6.07) is 14.0. The molecule has 0 aromatic heterocycles. The van der Waals surface area contributed by atoms with Crippen molar-refractivity contribution >= 4 is 35.1 Å². The van der Waals surface area contributed by atoms with Gasteiger partial charge in [-0.15, -0.1) is 0 Å². The Morgan fingerprint density at radius 1 is 1.00 bits per heavy atom. The van der Waals surface area contributed by atoms with E-state index in [0.717, 1.165) is 5.56 Å². The lowest BCUT2D eigenvalue weighted by Gasteiger charge is -2.24. The van der Waals surface area contributed by atoms with Gasteiger partial charge in [-0.3, -0.25) is 14.4 Å². The summed E-state index contributed by atoms with van der Waals surface area (Å²) in [5.41, 5.74) is 1.42. The molecular formula is C20H21ClN2O4. The van der Waals surface area contributed by atoms with Gasteiger partial charge in [0.15, 0.2) is 0 Å². The molecule has 0 unspecified atom stereocenters. The number of hydrogen-bond donors (Lipinski definition) is 3. The predicted molar refractivity (Wildman–Crippen MR) is 104 cm³/mol. The zero-order valence-corrected chi connectivity index (χ0v) is 15.8. The second-order valence-corrected chi connectivity index (χ2v) is 7.07. The molecule has 27 heavy (non-hydrogen) atoms. The number of aliphatic carboxylic acids is 1. The van der Waals surface area contributed by atoms with Gasteiger partial charge in [-0.05, 0) is 49.2 Å².